The minimum absolute atomic E-state index is 0.265. The van der Waals surface area contributed by atoms with Gasteiger partial charge in [0, 0.05) is 11.1 Å². The van der Waals surface area contributed by atoms with E-state index in [1.54, 1.807) is 0 Å². The molecular weight excluding hydrogens is 251 g/mol. The summed E-state index contributed by atoms with van der Waals surface area (Å²) in [5.74, 6) is 5.77. The zero-order valence-electron chi connectivity index (χ0n) is 9.71. The summed E-state index contributed by atoms with van der Waals surface area (Å²) in [5, 5.41) is -0.822. The standard InChI is InChI=1S/C10H16F3N3S/c1-3-6(2)4-7(16-14)8-5-15-9(17-8)10(11,12)13/h5-7,16H,3-4,14H2,1-2H3. The van der Waals surface area contributed by atoms with Crippen molar-refractivity contribution in [1.82, 2.24) is 10.4 Å². The number of alkyl halides is 3. The monoisotopic (exact) mass is 267 g/mol. The van der Waals surface area contributed by atoms with E-state index in [0.29, 0.717) is 28.6 Å². The summed E-state index contributed by atoms with van der Waals surface area (Å²) in [6.07, 6.45) is -1.46. The number of aromatic nitrogens is 1. The van der Waals surface area contributed by atoms with Crippen LogP contribution in [0.15, 0.2) is 6.20 Å². The van der Waals surface area contributed by atoms with Gasteiger partial charge in [0.05, 0.1) is 6.04 Å². The molecule has 1 heterocycles. The van der Waals surface area contributed by atoms with E-state index in [1.807, 2.05) is 13.8 Å². The third kappa shape index (κ3) is 3.93. The Bertz CT molecular complexity index is 351. The summed E-state index contributed by atoms with van der Waals surface area (Å²) in [4.78, 5) is 3.92. The van der Waals surface area contributed by atoms with Crippen molar-refractivity contribution >= 4 is 11.3 Å². The Morgan fingerprint density at radius 2 is 2.18 bits per heavy atom. The number of nitrogens with one attached hydrogen (secondary N) is 1. The first-order valence-corrected chi connectivity index (χ1v) is 6.19. The predicted molar refractivity (Wildman–Crippen MR) is 61.3 cm³/mol. The van der Waals surface area contributed by atoms with E-state index in [2.05, 4.69) is 10.4 Å². The third-order valence-electron chi connectivity index (χ3n) is 2.65. The fourth-order valence-electron chi connectivity index (χ4n) is 1.41. The van der Waals surface area contributed by atoms with E-state index < -0.39 is 11.2 Å². The molecule has 0 amide bonds. The minimum atomic E-state index is -4.38. The summed E-state index contributed by atoms with van der Waals surface area (Å²) in [7, 11) is 0. The smallest absolute Gasteiger partial charge is 0.271 e. The predicted octanol–water partition coefficient (Wildman–Crippen LogP) is 3.10. The van der Waals surface area contributed by atoms with Gasteiger partial charge >= 0.3 is 6.18 Å². The molecule has 1 aromatic rings. The first-order valence-electron chi connectivity index (χ1n) is 5.37. The van der Waals surface area contributed by atoms with E-state index in [1.165, 1.54) is 6.20 Å². The van der Waals surface area contributed by atoms with Crippen LogP contribution >= 0.6 is 11.3 Å². The lowest BCUT2D eigenvalue weighted by molar-refractivity contribution is -0.137. The summed E-state index contributed by atoms with van der Waals surface area (Å²) in [6.45, 7) is 4.07. The molecule has 0 aliphatic rings. The molecule has 0 saturated heterocycles. The molecule has 17 heavy (non-hydrogen) atoms. The highest BCUT2D eigenvalue weighted by Gasteiger charge is 2.35. The number of nitrogens with two attached hydrogens (primary N) is 1. The van der Waals surface area contributed by atoms with Crippen molar-refractivity contribution in [3.05, 3.63) is 16.1 Å². The molecule has 2 atom stereocenters. The molecule has 7 heteroatoms. The Hall–Kier alpha value is -0.660. The first kappa shape index (κ1) is 14.4. The maximum Gasteiger partial charge on any atom is 0.443 e. The van der Waals surface area contributed by atoms with Gasteiger partial charge in [-0.2, -0.15) is 13.2 Å². The lowest BCUT2D eigenvalue weighted by Gasteiger charge is -2.17. The zero-order valence-corrected chi connectivity index (χ0v) is 10.5. The molecule has 2 unspecified atom stereocenters. The lowest BCUT2D eigenvalue weighted by atomic mass is 9.99. The summed E-state index contributed by atoms with van der Waals surface area (Å²) < 4.78 is 37.2. The van der Waals surface area contributed by atoms with Gasteiger partial charge < -0.3 is 0 Å². The quantitative estimate of drug-likeness (QED) is 0.636. The van der Waals surface area contributed by atoms with Crippen LogP contribution in [-0.2, 0) is 6.18 Å². The number of rotatable bonds is 5. The topological polar surface area (TPSA) is 50.9 Å². The number of hydrogen-bond donors (Lipinski definition) is 2. The Morgan fingerprint density at radius 3 is 2.59 bits per heavy atom. The fraction of sp³-hybridized carbons (Fsp3) is 0.700. The molecule has 0 spiro atoms. The second kappa shape index (κ2) is 5.79. The fourth-order valence-corrected chi connectivity index (χ4v) is 2.27. The van der Waals surface area contributed by atoms with Crippen molar-refractivity contribution in [2.75, 3.05) is 0 Å². The lowest BCUT2D eigenvalue weighted by Crippen LogP contribution is -2.28. The van der Waals surface area contributed by atoms with Gasteiger partial charge in [0.1, 0.15) is 0 Å². The van der Waals surface area contributed by atoms with Crippen molar-refractivity contribution in [1.29, 1.82) is 0 Å². The van der Waals surface area contributed by atoms with Gasteiger partial charge in [-0.15, -0.1) is 11.3 Å². The van der Waals surface area contributed by atoms with Crippen LogP contribution in [0.2, 0.25) is 0 Å². The van der Waals surface area contributed by atoms with Crippen LogP contribution in [-0.4, -0.2) is 4.98 Å². The van der Waals surface area contributed by atoms with E-state index in [9.17, 15) is 13.2 Å². The van der Waals surface area contributed by atoms with Gasteiger partial charge in [-0.05, 0) is 12.3 Å². The molecule has 3 nitrogen and oxygen atoms in total. The van der Waals surface area contributed by atoms with Gasteiger partial charge in [0.2, 0.25) is 0 Å². The van der Waals surface area contributed by atoms with Crippen LogP contribution < -0.4 is 11.3 Å². The van der Waals surface area contributed by atoms with Gasteiger partial charge in [-0.25, -0.2) is 4.98 Å². The van der Waals surface area contributed by atoms with E-state index in [-0.39, 0.29) is 6.04 Å². The van der Waals surface area contributed by atoms with Gasteiger partial charge in [0.15, 0.2) is 5.01 Å². The van der Waals surface area contributed by atoms with Gasteiger partial charge in [-0.3, -0.25) is 11.3 Å². The van der Waals surface area contributed by atoms with Crippen molar-refractivity contribution in [3.63, 3.8) is 0 Å². The number of thiazole rings is 1. The van der Waals surface area contributed by atoms with Crippen LogP contribution in [0.4, 0.5) is 13.2 Å². The highest BCUT2D eigenvalue weighted by atomic mass is 32.1. The molecule has 0 aliphatic heterocycles. The number of hydrogen-bond acceptors (Lipinski definition) is 4. The van der Waals surface area contributed by atoms with Gasteiger partial charge in [-0.1, -0.05) is 20.3 Å². The van der Waals surface area contributed by atoms with Crippen LogP contribution in [0.3, 0.4) is 0 Å². The van der Waals surface area contributed by atoms with E-state index in [4.69, 9.17) is 5.84 Å². The number of halogens is 3. The Morgan fingerprint density at radius 1 is 1.53 bits per heavy atom. The molecule has 0 radical (unpaired) electrons. The largest absolute Gasteiger partial charge is 0.443 e. The van der Waals surface area contributed by atoms with Crippen molar-refractivity contribution in [2.24, 2.45) is 11.8 Å². The molecule has 3 N–H and O–H groups in total. The van der Waals surface area contributed by atoms with Crippen molar-refractivity contribution in [2.45, 2.75) is 38.9 Å². The molecule has 1 rings (SSSR count). The average molecular weight is 267 g/mol. The normalized spacial score (nSPS) is 15.9. The van der Waals surface area contributed by atoms with Crippen LogP contribution in [0.25, 0.3) is 0 Å². The SMILES string of the molecule is CCC(C)CC(NN)c1cnc(C(F)(F)F)s1. The van der Waals surface area contributed by atoms with E-state index in [0.717, 1.165) is 6.42 Å². The molecular formula is C10H16F3N3S. The maximum absolute atomic E-state index is 12.4. The summed E-state index contributed by atoms with van der Waals surface area (Å²) in [5.41, 5.74) is 2.55. The highest BCUT2D eigenvalue weighted by molar-refractivity contribution is 7.11. The zero-order chi connectivity index (χ0) is 13.1. The Labute approximate surface area is 102 Å². The molecule has 98 valence electrons. The molecule has 0 fully saturated rings. The first-order chi connectivity index (χ1) is 7.88. The van der Waals surface area contributed by atoms with Crippen LogP contribution in [0.5, 0.6) is 0 Å². The second-order valence-electron chi connectivity index (χ2n) is 4.03. The Kier molecular flexibility index (Phi) is 4.91. The minimum Gasteiger partial charge on any atom is -0.271 e. The van der Waals surface area contributed by atoms with Crippen molar-refractivity contribution in [3.8, 4) is 0 Å². The highest BCUT2D eigenvalue weighted by Crippen LogP contribution is 2.35. The van der Waals surface area contributed by atoms with Gasteiger partial charge in [0.25, 0.3) is 0 Å². The summed E-state index contributed by atoms with van der Waals surface area (Å²) in [6, 6.07) is -0.265. The van der Waals surface area contributed by atoms with E-state index >= 15 is 0 Å². The molecule has 0 aliphatic carbocycles. The number of hydrazine groups is 1. The Balaban J connectivity index is 2.79. The second-order valence-corrected chi connectivity index (χ2v) is 5.10. The maximum atomic E-state index is 12.4. The van der Waals surface area contributed by atoms with Crippen LogP contribution in [0, 0.1) is 5.92 Å². The molecule has 0 bridgehead atoms. The number of nitrogens with zero attached hydrogens (tertiary/aromatic N) is 1. The van der Waals surface area contributed by atoms with Crippen molar-refractivity contribution < 1.29 is 13.2 Å². The molecule has 0 saturated carbocycles. The molecule has 0 aromatic carbocycles. The molecule has 1 aromatic heterocycles. The third-order valence-corrected chi connectivity index (χ3v) is 3.80. The average Bonchev–Trinajstić information content (AvgIpc) is 2.74. The van der Waals surface area contributed by atoms with Crippen LogP contribution in [0.1, 0.15) is 42.6 Å². The summed E-state index contributed by atoms with van der Waals surface area (Å²) >= 11 is 0.646.